The van der Waals surface area contributed by atoms with E-state index in [4.69, 9.17) is 0 Å². The molecule has 0 radical (unpaired) electrons. The van der Waals surface area contributed by atoms with Crippen molar-refractivity contribution in [3.05, 3.63) is 34.3 Å². The number of nitrogens with zero attached hydrogens (tertiary/aromatic N) is 1. The average molecular weight is 353 g/mol. The maximum atomic E-state index is 3.65. The quantitative estimate of drug-likeness (QED) is 0.849. The Morgan fingerprint density at radius 1 is 1.33 bits per heavy atom. The summed E-state index contributed by atoms with van der Waals surface area (Å²) in [6.45, 7) is 6.99. The summed E-state index contributed by atoms with van der Waals surface area (Å²) in [5.74, 6) is 0.742. The second-order valence-electron chi connectivity index (χ2n) is 7.20. The van der Waals surface area contributed by atoms with Crippen molar-refractivity contribution in [1.82, 2.24) is 10.2 Å². The summed E-state index contributed by atoms with van der Waals surface area (Å²) in [6, 6.07) is 9.15. The van der Waals surface area contributed by atoms with Gasteiger partial charge in [-0.05, 0) is 49.9 Å². The number of halogens is 1. The molecule has 2 nitrogen and oxygen atoms in total. The standard InChI is InChI=1S/C18H29BrN2/c1-18(2)11-7-9-15(17(18)20-3)13-21(4)12-14-8-5-6-10-16(14)19/h5-6,8,10,15,17,20H,7,9,11-13H2,1-4H3. The molecule has 21 heavy (non-hydrogen) atoms. The number of rotatable bonds is 5. The number of nitrogens with one attached hydrogen (secondary N) is 1. The van der Waals surface area contributed by atoms with Gasteiger partial charge in [-0.1, -0.05) is 54.4 Å². The van der Waals surface area contributed by atoms with Crippen molar-refractivity contribution in [3.63, 3.8) is 0 Å². The fourth-order valence-corrected chi connectivity index (χ4v) is 4.40. The molecular weight excluding hydrogens is 324 g/mol. The summed E-state index contributed by atoms with van der Waals surface area (Å²) in [4.78, 5) is 2.47. The first-order valence-electron chi connectivity index (χ1n) is 8.03. The lowest BCUT2D eigenvalue weighted by molar-refractivity contribution is 0.0888. The Labute approximate surface area is 138 Å². The van der Waals surface area contributed by atoms with E-state index in [0.29, 0.717) is 11.5 Å². The van der Waals surface area contributed by atoms with Crippen molar-refractivity contribution in [2.75, 3.05) is 20.6 Å². The van der Waals surface area contributed by atoms with Gasteiger partial charge in [0.15, 0.2) is 0 Å². The van der Waals surface area contributed by atoms with Crippen molar-refractivity contribution in [3.8, 4) is 0 Å². The summed E-state index contributed by atoms with van der Waals surface area (Å²) < 4.78 is 1.21. The number of hydrogen-bond acceptors (Lipinski definition) is 2. The zero-order valence-corrected chi connectivity index (χ0v) is 15.4. The smallest absolute Gasteiger partial charge is 0.0242 e. The van der Waals surface area contributed by atoms with Crippen LogP contribution >= 0.6 is 15.9 Å². The maximum absolute atomic E-state index is 3.65. The highest BCUT2D eigenvalue weighted by Gasteiger charge is 2.38. The van der Waals surface area contributed by atoms with E-state index in [2.05, 4.69) is 78.4 Å². The molecule has 1 aliphatic carbocycles. The molecule has 0 aromatic heterocycles. The van der Waals surface area contributed by atoms with Crippen LogP contribution < -0.4 is 5.32 Å². The summed E-state index contributed by atoms with van der Waals surface area (Å²) in [5.41, 5.74) is 1.78. The molecule has 2 atom stereocenters. The third-order valence-corrected chi connectivity index (χ3v) is 5.74. The van der Waals surface area contributed by atoms with Crippen LogP contribution in [0, 0.1) is 11.3 Å². The lowest BCUT2D eigenvalue weighted by Crippen LogP contribution is -2.51. The molecule has 0 spiro atoms. The summed E-state index contributed by atoms with van der Waals surface area (Å²) in [5, 5.41) is 3.59. The first-order valence-corrected chi connectivity index (χ1v) is 8.82. The van der Waals surface area contributed by atoms with Gasteiger partial charge in [-0.15, -0.1) is 0 Å². The Morgan fingerprint density at radius 3 is 2.71 bits per heavy atom. The molecule has 2 unspecified atom stereocenters. The van der Waals surface area contributed by atoms with Crippen LogP contribution in [-0.2, 0) is 6.54 Å². The van der Waals surface area contributed by atoms with Crippen molar-refractivity contribution in [2.24, 2.45) is 11.3 Å². The average Bonchev–Trinajstić information content (AvgIpc) is 2.40. The lowest BCUT2D eigenvalue weighted by atomic mass is 9.68. The van der Waals surface area contributed by atoms with Crippen LogP contribution in [0.1, 0.15) is 38.7 Å². The molecule has 118 valence electrons. The molecule has 1 aliphatic rings. The van der Waals surface area contributed by atoms with Gasteiger partial charge in [0.05, 0.1) is 0 Å². The fraction of sp³-hybridized carbons (Fsp3) is 0.667. The van der Waals surface area contributed by atoms with E-state index in [-0.39, 0.29) is 0 Å². The summed E-state index contributed by atoms with van der Waals surface area (Å²) in [6.07, 6.45) is 4.04. The normalized spacial score (nSPS) is 25.2. The molecule has 1 aromatic carbocycles. The minimum atomic E-state index is 0.409. The Hall–Kier alpha value is -0.380. The summed E-state index contributed by atoms with van der Waals surface area (Å²) >= 11 is 3.65. The molecule has 1 N–H and O–H groups in total. The molecule has 0 heterocycles. The molecule has 1 saturated carbocycles. The Kier molecular flexibility index (Phi) is 5.87. The van der Waals surface area contributed by atoms with Gasteiger partial charge >= 0.3 is 0 Å². The van der Waals surface area contributed by atoms with Gasteiger partial charge in [0.25, 0.3) is 0 Å². The summed E-state index contributed by atoms with van der Waals surface area (Å²) in [7, 11) is 4.37. The zero-order chi connectivity index (χ0) is 15.5. The second-order valence-corrected chi connectivity index (χ2v) is 8.05. The van der Waals surface area contributed by atoms with Gasteiger partial charge in [0.2, 0.25) is 0 Å². The van der Waals surface area contributed by atoms with E-state index >= 15 is 0 Å². The van der Waals surface area contributed by atoms with Gasteiger partial charge < -0.3 is 10.2 Å². The van der Waals surface area contributed by atoms with Gasteiger partial charge in [0.1, 0.15) is 0 Å². The van der Waals surface area contributed by atoms with E-state index in [1.54, 1.807) is 0 Å². The van der Waals surface area contributed by atoms with Crippen LogP contribution in [0.25, 0.3) is 0 Å². The maximum Gasteiger partial charge on any atom is 0.0242 e. The molecular formula is C18H29BrN2. The van der Waals surface area contributed by atoms with Crippen LogP contribution in [0.4, 0.5) is 0 Å². The van der Waals surface area contributed by atoms with Crippen LogP contribution in [0.5, 0.6) is 0 Å². The monoisotopic (exact) mass is 352 g/mol. The molecule has 1 aromatic rings. The highest BCUT2D eigenvalue weighted by atomic mass is 79.9. The molecule has 0 amide bonds. The van der Waals surface area contributed by atoms with E-state index < -0.39 is 0 Å². The topological polar surface area (TPSA) is 15.3 Å². The fourth-order valence-electron chi connectivity index (χ4n) is 3.99. The van der Waals surface area contributed by atoms with Crippen LogP contribution in [0.3, 0.4) is 0 Å². The van der Waals surface area contributed by atoms with Crippen LogP contribution in [0.2, 0.25) is 0 Å². The molecule has 0 saturated heterocycles. The van der Waals surface area contributed by atoms with Crippen molar-refractivity contribution < 1.29 is 0 Å². The molecule has 2 rings (SSSR count). The minimum Gasteiger partial charge on any atom is -0.316 e. The highest BCUT2D eigenvalue weighted by molar-refractivity contribution is 9.10. The van der Waals surface area contributed by atoms with E-state index in [0.717, 1.165) is 19.0 Å². The van der Waals surface area contributed by atoms with Gasteiger partial charge in [-0.3, -0.25) is 0 Å². The van der Waals surface area contributed by atoms with E-state index in [1.807, 2.05) is 0 Å². The van der Waals surface area contributed by atoms with Crippen LogP contribution in [-0.4, -0.2) is 31.6 Å². The van der Waals surface area contributed by atoms with E-state index in [1.165, 1.54) is 29.3 Å². The van der Waals surface area contributed by atoms with Crippen molar-refractivity contribution in [2.45, 2.75) is 45.7 Å². The second kappa shape index (κ2) is 7.26. The molecule has 1 fully saturated rings. The minimum absolute atomic E-state index is 0.409. The SMILES string of the molecule is CNC1C(CN(C)Cc2ccccc2Br)CCCC1(C)C. The largest absolute Gasteiger partial charge is 0.316 e. The highest BCUT2D eigenvalue weighted by Crippen LogP contribution is 2.39. The van der Waals surface area contributed by atoms with Gasteiger partial charge in [0, 0.05) is 23.6 Å². The predicted octanol–water partition coefficient (Wildman–Crippen LogP) is 4.30. The Bertz CT molecular complexity index is 458. The lowest BCUT2D eigenvalue weighted by Gasteiger charge is -2.45. The van der Waals surface area contributed by atoms with Crippen molar-refractivity contribution in [1.29, 1.82) is 0 Å². The number of hydrogen-bond donors (Lipinski definition) is 1. The first kappa shape index (κ1) is 17.0. The Morgan fingerprint density at radius 2 is 2.05 bits per heavy atom. The third kappa shape index (κ3) is 4.30. The van der Waals surface area contributed by atoms with Gasteiger partial charge in [-0.25, -0.2) is 0 Å². The Balaban J connectivity index is 1.98. The molecule has 3 heteroatoms. The third-order valence-electron chi connectivity index (χ3n) is 4.96. The number of benzene rings is 1. The van der Waals surface area contributed by atoms with Crippen molar-refractivity contribution >= 4 is 15.9 Å². The van der Waals surface area contributed by atoms with Gasteiger partial charge in [-0.2, -0.15) is 0 Å². The first-order chi connectivity index (χ1) is 9.94. The zero-order valence-electron chi connectivity index (χ0n) is 13.8. The van der Waals surface area contributed by atoms with E-state index in [9.17, 15) is 0 Å². The van der Waals surface area contributed by atoms with Crippen LogP contribution in [0.15, 0.2) is 28.7 Å². The molecule has 0 aliphatic heterocycles. The predicted molar refractivity (Wildman–Crippen MR) is 94.4 cm³/mol. The molecule has 0 bridgehead atoms.